The molecule has 0 heterocycles. The summed E-state index contributed by atoms with van der Waals surface area (Å²) in [5.41, 5.74) is 1.18. The molecule has 0 aromatic heterocycles. The normalized spacial score (nSPS) is 24.2. The lowest BCUT2D eigenvalue weighted by molar-refractivity contribution is -0.142. The maximum absolute atomic E-state index is 11.5. The van der Waals surface area contributed by atoms with Crippen LogP contribution in [0.4, 0.5) is 0 Å². The molecule has 1 rings (SSSR count). The first-order valence-corrected chi connectivity index (χ1v) is 8.79. The van der Waals surface area contributed by atoms with Gasteiger partial charge in [0.2, 0.25) is 0 Å². The fraction of sp³-hybridized carbons (Fsp3) is 0.923. The third-order valence-corrected chi connectivity index (χ3v) is 10.2. The average Bonchev–Trinajstić information content (AvgIpc) is 3.03. The number of ether oxygens (including phenoxy) is 1. The van der Waals surface area contributed by atoms with Crippen LogP contribution in [-0.2, 0) is 14.0 Å². The molecular formula is C13H26O3Si. The van der Waals surface area contributed by atoms with E-state index in [2.05, 4.69) is 27.7 Å². The topological polar surface area (TPSA) is 35.5 Å². The minimum absolute atomic E-state index is 0.0403. The largest absolute Gasteiger partial charge is 0.469 e. The highest BCUT2D eigenvalue weighted by atomic mass is 28.4. The molecule has 0 aliphatic heterocycles. The third-order valence-electron chi connectivity index (χ3n) is 4.34. The Balaban J connectivity index is 2.67. The van der Waals surface area contributed by atoms with E-state index in [1.54, 1.807) is 0 Å². The van der Waals surface area contributed by atoms with Gasteiger partial charge in [-0.15, -0.1) is 0 Å². The quantitative estimate of drug-likeness (QED) is 0.542. The molecule has 4 heteroatoms. The molecule has 2 unspecified atom stereocenters. The van der Waals surface area contributed by atoms with E-state index in [0.29, 0.717) is 17.0 Å². The summed E-state index contributed by atoms with van der Waals surface area (Å²) in [5, 5.41) is 0. The molecular weight excluding hydrogens is 232 g/mol. The molecule has 0 N–H and O–H groups in total. The van der Waals surface area contributed by atoms with E-state index in [9.17, 15) is 4.79 Å². The van der Waals surface area contributed by atoms with E-state index in [-0.39, 0.29) is 11.9 Å². The smallest absolute Gasteiger partial charge is 0.308 e. The predicted molar refractivity (Wildman–Crippen MR) is 71.4 cm³/mol. The van der Waals surface area contributed by atoms with Crippen LogP contribution in [0, 0.1) is 11.8 Å². The zero-order chi connectivity index (χ0) is 13.2. The van der Waals surface area contributed by atoms with Crippen molar-refractivity contribution in [3.63, 3.8) is 0 Å². The van der Waals surface area contributed by atoms with Crippen molar-refractivity contribution in [3.05, 3.63) is 0 Å². The van der Waals surface area contributed by atoms with Crippen LogP contribution in [-0.4, -0.2) is 28.5 Å². The Morgan fingerprint density at radius 3 is 2.12 bits per heavy atom. The van der Waals surface area contributed by atoms with Crippen LogP contribution in [0.3, 0.4) is 0 Å². The van der Waals surface area contributed by atoms with Crippen LogP contribution in [0.1, 0.15) is 34.1 Å². The zero-order valence-electron chi connectivity index (χ0n) is 11.9. The maximum atomic E-state index is 11.5. The second-order valence-electron chi connectivity index (χ2n) is 5.80. The number of carbonyl (C=O) groups excluding carboxylic acids is 1. The first-order chi connectivity index (χ1) is 7.89. The summed E-state index contributed by atoms with van der Waals surface area (Å²) >= 11 is 0. The number of esters is 1. The first-order valence-electron chi connectivity index (χ1n) is 6.52. The number of carbonyl (C=O) groups is 1. The molecule has 0 aromatic rings. The highest BCUT2D eigenvalue weighted by molar-refractivity contribution is 6.76. The van der Waals surface area contributed by atoms with Gasteiger partial charge in [-0.2, -0.15) is 0 Å². The summed E-state index contributed by atoms with van der Waals surface area (Å²) in [5.74, 6) is 0.597. The van der Waals surface area contributed by atoms with Crippen molar-refractivity contribution in [2.75, 3.05) is 14.2 Å². The SMILES string of the molecule is COC(=O)C1CC1C[Si](OC)(C(C)C)C(C)C. The highest BCUT2D eigenvalue weighted by Crippen LogP contribution is 2.50. The summed E-state index contributed by atoms with van der Waals surface area (Å²) in [6, 6.07) is 1.10. The Hall–Kier alpha value is -0.353. The fourth-order valence-electron chi connectivity index (χ4n) is 3.02. The Bertz CT molecular complexity index is 268. The van der Waals surface area contributed by atoms with Crippen LogP contribution >= 0.6 is 0 Å². The van der Waals surface area contributed by atoms with Crippen LogP contribution < -0.4 is 0 Å². The van der Waals surface area contributed by atoms with Crippen LogP contribution in [0.15, 0.2) is 0 Å². The molecule has 0 radical (unpaired) electrons. The van der Waals surface area contributed by atoms with Crippen LogP contribution in [0.5, 0.6) is 0 Å². The van der Waals surface area contributed by atoms with Gasteiger partial charge in [-0.3, -0.25) is 4.79 Å². The van der Waals surface area contributed by atoms with E-state index >= 15 is 0 Å². The van der Waals surface area contributed by atoms with Gasteiger partial charge in [0, 0.05) is 7.11 Å². The Morgan fingerprint density at radius 1 is 1.24 bits per heavy atom. The van der Waals surface area contributed by atoms with Crippen molar-refractivity contribution in [3.8, 4) is 0 Å². The summed E-state index contributed by atoms with van der Waals surface area (Å²) < 4.78 is 10.8. The minimum Gasteiger partial charge on any atom is -0.469 e. The molecule has 17 heavy (non-hydrogen) atoms. The molecule has 0 aromatic carbocycles. The zero-order valence-corrected chi connectivity index (χ0v) is 12.9. The molecule has 1 aliphatic carbocycles. The summed E-state index contributed by atoms with van der Waals surface area (Å²) in [6.45, 7) is 9.02. The molecule has 3 nitrogen and oxygen atoms in total. The Labute approximate surface area is 106 Å². The van der Waals surface area contributed by atoms with Gasteiger partial charge in [0.1, 0.15) is 0 Å². The Morgan fingerprint density at radius 2 is 1.76 bits per heavy atom. The molecule has 1 saturated carbocycles. The average molecular weight is 258 g/mol. The number of rotatable bonds is 6. The number of hydrogen-bond acceptors (Lipinski definition) is 3. The molecule has 0 bridgehead atoms. The van der Waals surface area contributed by atoms with Crippen molar-refractivity contribution < 1.29 is 14.0 Å². The predicted octanol–water partition coefficient (Wildman–Crippen LogP) is 3.21. The second kappa shape index (κ2) is 5.53. The van der Waals surface area contributed by atoms with Crippen molar-refractivity contribution in [2.45, 2.75) is 51.2 Å². The van der Waals surface area contributed by atoms with E-state index in [4.69, 9.17) is 9.16 Å². The van der Waals surface area contributed by atoms with E-state index in [1.807, 2.05) is 7.11 Å². The van der Waals surface area contributed by atoms with Gasteiger partial charge in [-0.05, 0) is 29.5 Å². The van der Waals surface area contributed by atoms with E-state index in [0.717, 1.165) is 12.5 Å². The molecule has 0 saturated heterocycles. The van der Waals surface area contributed by atoms with Crippen molar-refractivity contribution in [2.24, 2.45) is 11.8 Å². The standard InChI is InChI=1S/C13H26O3Si/c1-9(2)17(16-6,10(3)4)8-11-7-12(11)13(14)15-5/h9-12H,7-8H2,1-6H3. The van der Waals surface area contributed by atoms with E-state index < -0.39 is 8.32 Å². The third kappa shape index (κ3) is 2.91. The first kappa shape index (κ1) is 14.7. The number of hydrogen-bond donors (Lipinski definition) is 0. The minimum atomic E-state index is -1.73. The summed E-state index contributed by atoms with van der Waals surface area (Å²) in [4.78, 5) is 11.5. The van der Waals surface area contributed by atoms with Gasteiger partial charge in [0.05, 0.1) is 13.0 Å². The lowest BCUT2D eigenvalue weighted by atomic mass is 10.3. The van der Waals surface area contributed by atoms with Gasteiger partial charge >= 0.3 is 5.97 Å². The number of methoxy groups -OCH3 is 1. The lowest BCUT2D eigenvalue weighted by Crippen LogP contribution is -2.44. The van der Waals surface area contributed by atoms with Crippen molar-refractivity contribution in [1.82, 2.24) is 0 Å². The van der Waals surface area contributed by atoms with Gasteiger partial charge < -0.3 is 9.16 Å². The second-order valence-corrected chi connectivity index (χ2v) is 10.8. The van der Waals surface area contributed by atoms with Gasteiger partial charge in [-0.1, -0.05) is 27.7 Å². The van der Waals surface area contributed by atoms with E-state index in [1.165, 1.54) is 7.11 Å². The van der Waals surface area contributed by atoms with Crippen molar-refractivity contribution >= 4 is 14.3 Å². The molecule has 0 amide bonds. The van der Waals surface area contributed by atoms with Crippen LogP contribution in [0.2, 0.25) is 17.1 Å². The molecule has 100 valence electrons. The van der Waals surface area contributed by atoms with Gasteiger partial charge in [0.25, 0.3) is 0 Å². The molecule has 1 fully saturated rings. The maximum Gasteiger partial charge on any atom is 0.308 e. The summed E-state index contributed by atoms with van der Waals surface area (Å²) in [7, 11) is 1.59. The van der Waals surface area contributed by atoms with Gasteiger partial charge in [0.15, 0.2) is 8.32 Å². The van der Waals surface area contributed by atoms with Crippen molar-refractivity contribution in [1.29, 1.82) is 0 Å². The molecule has 0 spiro atoms. The monoisotopic (exact) mass is 258 g/mol. The van der Waals surface area contributed by atoms with Crippen LogP contribution in [0.25, 0.3) is 0 Å². The highest BCUT2D eigenvalue weighted by Gasteiger charge is 2.52. The fourth-order valence-corrected chi connectivity index (χ4v) is 7.67. The summed E-state index contributed by atoms with van der Waals surface area (Å²) in [6.07, 6.45) is 0.990. The van der Waals surface area contributed by atoms with Gasteiger partial charge in [-0.25, -0.2) is 0 Å². The Kier molecular flexibility index (Phi) is 4.78. The lowest BCUT2D eigenvalue weighted by Gasteiger charge is -2.37. The molecule has 1 aliphatic rings. The molecule has 2 atom stereocenters.